The Morgan fingerprint density at radius 3 is 2.71 bits per heavy atom. The molecule has 1 saturated heterocycles. The quantitative estimate of drug-likeness (QED) is 0.799. The van der Waals surface area contributed by atoms with Crippen molar-refractivity contribution in [2.75, 3.05) is 10.7 Å². The molecule has 1 aliphatic rings. The number of imide groups is 1. The molecule has 0 radical (unpaired) electrons. The van der Waals surface area contributed by atoms with Gasteiger partial charge in [-0.15, -0.1) is 11.8 Å². The molecule has 6 nitrogen and oxygen atoms in total. The zero-order chi connectivity index (χ0) is 17.3. The number of thioether (sulfide) groups is 1. The SMILES string of the molecule is N[C@H](CS[C@H]1CC(=O)N(c2cccc3ccccc23)C1=O)C(=O)O. The van der Waals surface area contributed by atoms with E-state index in [9.17, 15) is 14.4 Å². The van der Waals surface area contributed by atoms with Crippen molar-refractivity contribution >= 4 is 46.0 Å². The number of carbonyl (C=O) groups excluding carboxylic acids is 2. The van der Waals surface area contributed by atoms with Crippen LogP contribution in [-0.4, -0.2) is 39.9 Å². The molecule has 2 atom stereocenters. The van der Waals surface area contributed by atoms with Crippen molar-refractivity contribution in [3.05, 3.63) is 42.5 Å². The molecule has 1 heterocycles. The molecule has 1 fully saturated rings. The van der Waals surface area contributed by atoms with Crippen molar-refractivity contribution in [1.29, 1.82) is 0 Å². The number of hydrogen-bond donors (Lipinski definition) is 2. The molecule has 3 N–H and O–H groups in total. The molecule has 24 heavy (non-hydrogen) atoms. The fourth-order valence-corrected chi connectivity index (χ4v) is 3.77. The molecule has 2 amide bonds. The van der Waals surface area contributed by atoms with E-state index in [0.717, 1.165) is 22.5 Å². The van der Waals surface area contributed by atoms with Gasteiger partial charge in [-0.1, -0.05) is 36.4 Å². The largest absolute Gasteiger partial charge is 0.480 e. The summed E-state index contributed by atoms with van der Waals surface area (Å²) in [4.78, 5) is 37.0. The number of fused-ring (bicyclic) bond motifs is 1. The molecular weight excluding hydrogens is 328 g/mol. The summed E-state index contributed by atoms with van der Waals surface area (Å²) in [6.07, 6.45) is 0.0546. The Labute approximate surface area is 142 Å². The number of benzene rings is 2. The average molecular weight is 344 g/mol. The lowest BCUT2D eigenvalue weighted by atomic mass is 10.1. The van der Waals surface area contributed by atoms with E-state index in [-0.39, 0.29) is 24.0 Å². The van der Waals surface area contributed by atoms with Crippen LogP contribution in [0.4, 0.5) is 5.69 Å². The van der Waals surface area contributed by atoms with Gasteiger partial charge in [0.05, 0.1) is 10.9 Å². The Kier molecular flexibility index (Phi) is 4.55. The van der Waals surface area contributed by atoms with Gasteiger partial charge in [0.25, 0.3) is 0 Å². The summed E-state index contributed by atoms with van der Waals surface area (Å²) in [7, 11) is 0. The highest BCUT2D eigenvalue weighted by Gasteiger charge is 2.40. The number of rotatable bonds is 5. The Hall–Kier alpha value is -2.38. The van der Waals surface area contributed by atoms with Gasteiger partial charge in [0, 0.05) is 17.6 Å². The maximum Gasteiger partial charge on any atom is 0.321 e. The summed E-state index contributed by atoms with van der Waals surface area (Å²) in [6, 6.07) is 12.0. The van der Waals surface area contributed by atoms with Crippen molar-refractivity contribution < 1.29 is 19.5 Å². The molecule has 7 heteroatoms. The summed E-state index contributed by atoms with van der Waals surface area (Å²) >= 11 is 1.12. The van der Waals surface area contributed by atoms with Gasteiger partial charge in [0.15, 0.2) is 0 Å². The Bertz CT molecular complexity index is 818. The van der Waals surface area contributed by atoms with E-state index < -0.39 is 17.3 Å². The summed E-state index contributed by atoms with van der Waals surface area (Å²) in [5.74, 6) is -1.63. The number of anilines is 1. The predicted molar refractivity (Wildman–Crippen MR) is 92.9 cm³/mol. The number of aliphatic carboxylic acids is 1. The molecule has 124 valence electrons. The van der Waals surface area contributed by atoms with Crippen LogP contribution in [0.2, 0.25) is 0 Å². The Balaban J connectivity index is 1.85. The standard InChI is InChI=1S/C17H16N2O4S/c18-12(17(22)23)9-24-14-8-15(20)19(16(14)21)13-7-3-5-10-4-1-2-6-11(10)13/h1-7,12,14H,8-9,18H2,(H,22,23)/t12-,14+/m1/s1. The van der Waals surface area contributed by atoms with Gasteiger partial charge < -0.3 is 10.8 Å². The van der Waals surface area contributed by atoms with Crippen LogP contribution in [0.15, 0.2) is 42.5 Å². The normalized spacial score (nSPS) is 19.0. The zero-order valence-electron chi connectivity index (χ0n) is 12.7. The monoisotopic (exact) mass is 344 g/mol. The summed E-state index contributed by atoms with van der Waals surface area (Å²) in [5.41, 5.74) is 6.03. The fraction of sp³-hybridized carbons (Fsp3) is 0.235. The first-order valence-electron chi connectivity index (χ1n) is 7.43. The van der Waals surface area contributed by atoms with Crippen molar-refractivity contribution in [3.63, 3.8) is 0 Å². The second-order valence-corrected chi connectivity index (χ2v) is 6.77. The number of amides is 2. The Morgan fingerprint density at radius 1 is 1.25 bits per heavy atom. The summed E-state index contributed by atoms with van der Waals surface area (Å²) in [6.45, 7) is 0. The Morgan fingerprint density at radius 2 is 1.96 bits per heavy atom. The molecule has 0 bridgehead atoms. The first-order chi connectivity index (χ1) is 11.5. The van der Waals surface area contributed by atoms with Gasteiger partial charge in [-0.2, -0.15) is 0 Å². The lowest BCUT2D eigenvalue weighted by Gasteiger charge is -2.17. The molecule has 2 aromatic rings. The van der Waals surface area contributed by atoms with Crippen LogP contribution in [0.3, 0.4) is 0 Å². The van der Waals surface area contributed by atoms with Gasteiger partial charge in [0.2, 0.25) is 11.8 Å². The van der Waals surface area contributed by atoms with Crippen molar-refractivity contribution in [3.8, 4) is 0 Å². The van der Waals surface area contributed by atoms with Crippen LogP contribution in [0.1, 0.15) is 6.42 Å². The smallest absolute Gasteiger partial charge is 0.321 e. The molecule has 0 spiro atoms. The first kappa shape index (κ1) is 16.5. The highest BCUT2D eigenvalue weighted by molar-refractivity contribution is 8.00. The third-order valence-corrected chi connectivity index (χ3v) is 5.23. The van der Waals surface area contributed by atoms with Crippen LogP contribution in [-0.2, 0) is 14.4 Å². The van der Waals surface area contributed by atoms with Crippen LogP contribution in [0, 0.1) is 0 Å². The van der Waals surface area contributed by atoms with Gasteiger partial charge >= 0.3 is 5.97 Å². The van der Waals surface area contributed by atoms with Crippen LogP contribution in [0.25, 0.3) is 10.8 Å². The highest BCUT2D eigenvalue weighted by atomic mass is 32.2. The molecule has 0 unspecified atom stereocenters. The highest BCUT2D eigenvalue weighted by Crippen LogP contribution is 2.34. The van der Waals surface area contributed by atoms with Crippen molar-refractivity contribution in [2.24, 2.45) is 5.73 Å². The number of carboxylic acids is 1. The lowest BCUT2D eigenvalue weighted by Crippen LogP contribution is -2.35. The molecule has 3 rings (SSSR count). The van der Waals surface area contributed by atoms with Gasteiger partial charge in [-0.25, -0.2) is 4.90 Å². The number of nitrogens with zero attached hydrogens (tertiary/aromatic N) is 1. The molecule has 0 saturated carbocycles. The second-order valence-electron chi connectivity index (χ2n) is 5.54. The molecular formula is C17H16N2O4S. The van der Waals surface area contributed by atoms with Crippen molar-refractivity contribution in [1.82, 2.24) is 0 Å². The van der Waals surface area contributed by atoms with E-state index in [1.807, 2.05) is 30.3 Å². The van der Waals surface area contributed by atoms with E-state index in [1.165, 1.54) is 4.90 Å². The van der Waals surface area contributed by atoms with E-state index in [0.29, 0.717) is 5.69 Å². The summed E-state index contributed by atoms with van der Waals surface area (Å²) in [5, 5.41) is 10.00. The van der Waals surface area contributed by atoms with Crippen molar-refractivity contribution in [2.45, 2.75) is 17.7 Å². The van der Waals surface area contributed by atoms with Crippen LogP contribution in [0.5, 0.6) is 0 Å². The van der Waals surface area contributed by atoms with E-state index in [1.54, 1.807) is 12.1 Å². The minimum Gasteiger partial charge on any atom is -0.480 e. The average Bonchev–Trinajstić information content (AvgIpc) is 2.86. The topological polar surface area (TPSA) is 101 Å². The third-order valence-electron chi connectivity index (χ3n) is 3.91. The minimum atomic E-state index is -1.12. The van der Waals surface area contributed by atoms with E-state index in [2.05, 4.69) is 0 Å². The number of carbonyl (C=O) groups is 3. The van der Waals surface area contributed by atoms with E-state index >= 15 is 0 Å². The zero-order valence-corrected chi connectivity index (χ0v) is 13.5. The van der Waals surface area contributed by atoms with Crippen LogP contribution >= 0.6 is 11.8 Å². The van der Waals surface area contributed by atoms with E-state index in [4.69, 9.17) is 10.8 Å². The van der Waals surface area contributed by atoms with Gasteiger partial charge in [-0.3, -0.25) is 14.4 Å². The summed E-state index contributed by atoms with van der Waals surface area (Å²) < 4.78 is 0. The van der Waals surface area contributed by atoms with Gasteiger partial charge in [0.1, 0.15) is 6.04 Å². The fourth-order valence-electron chi connectivity index (χ4n) is 2.68. The maximum absolute atomic E-state index is 12.6. The van der Waals surface area contributed by atoms with Crippen LogP contribution < -0.4 is 10.6 Å². The maximum atomic E-state index is 12.6. The number of hydrogen-bond acceptors (Lipinski definition) is 5. The first-order valence-corrected chi connectivity index (χ1v) is 8.48. The lowest BCUT2D eigenvalue weighted by molar-refractivity contribution is -0.138. The number of carboxylic acid groups (broad SMARTS) is 1. The molecule has 1 aliphatic heterocycles. The minimum absolute atomic E-state index is 0.0546. The number of nitrogens with two attached hydrogens (primary N) is 1. The third kappa shape index (κ3) is 3.00. The predicted octanol–water partition coefficient (Wildman–Crippen LogP) is 1.62. The molecule has 2 aromatic carbocycles. The molecule has 0 aromatic heterocycles. The second kappa shape index (κ2) is 6.62. The van der Waals surface area contributed by atoms with Gasteiger partial charge in [-0.05, 0) is 11.5 Å². The molecule has 0 aliphatic carbocycles.